The van der Waals surface area contributed by atoms with Crippen molar-refractivity contribution in [1.82, 2.24) is 0 Å². The number of benzene rings is 1. The van der Waals surface area contributed by atoms with E-state index in [9.17, 15) is 18.9 Å². The molecule has 2 saturated carbocycles. The van der Waals surface area contributed by atoms with Gasteiger partial charge in [0.1, 0.15) is 11.5 Å². The van der Waals surface area contributed by atoms with Crippen LogP contribution in [0, 0.1) is 39.5 Å². The maximum Gasteiger partial charge on any atom is 0.327 e. The van der Waals surface area contributed by atoms with E-state index in [-0.39, 0.29) is 5.69 Å². The van der Waals surface area contributed by atoms with Crippen LogP contribution < -0.4 is 5.32 Å². The standard InChI is InChI=1S/C14H16F2N2O2/c15-10-5-12(16)14(18(19)20)13(6-10)17-7-11(8-1-2-8)9-3-4-9/h5-6,8-9,11,17H,1-4,7H2. The van der Waals surface area contributed by atoms with Crippen molar-refractivity contribution < 1.29 is 13.7 Å². The minimum atomic E-state index is -1.13. The molecule has 0 saturated heterocycles. The van der Waals surface area contributed by atoms with Crippen LogP contribution >= 0.6 is 0 Å². The summed E-state index contributed by atoms with van der Waals surface area (Å²) in [6, 6.07) is 1.54. The zero-order chi connectivity index (χ0) is 14.3. The van der Waals surface area contributed by atoms with Gasteiger partial charge in [-0.2, -0.15) is 4.39 Å². The van der Waals surface area contributed by atoms with E-state index in [1.165, 1.54) is 25.7 Å². The molecule has 0 bridgehead atoms. The Labute approximate surface area is 115 Å². The number of nitro benzene ring substituents is 1. The van der Waals surface area contributed by atoms with Gasteiger partial charge in [-0.15, -0.1) is 0 Å². The predicted molar refractivity (Wildman–Crippen MR) is 70.4 cm³/mol. The molecule has 1 aromatic rings. The van der Waals surface area contributed by atoms with E-state index in [1.54, 1.807) is 0 Å². The van der Waals surface area contributed by atoms with Crippen molar-refractivity contribution in [3.63, 3.8) is 0 Å². The lowest BCUT2D eigenvalue weighted by Gasteiger charge is -2.17. The van der Waals surface area contributed by atoms with Crippen molar-refractivity contribution in [1.29, 1.82) is 0 Å². The first-order valence-electron chi connectivity index (χ1n) is 6.93. The van der Waals surface area contributed by atoms with Crippen LogP contribution in [0.3, 0.4) is 0 Å². The molecule has 0 spiro atoms. The third kappa shape index (κ3) is 2.73. The summed E-state index contributed by atoms with van der Waals surface area (Å²) in [7, 11) is 0. The van der Waals surface area contributed by atoms with Crippen molar-refractivity contribution in [3.8, 4) is 0 Å². The van der Waals surface area contributed by atoms with Gasteiger partial charge in [0.25, 0.3) is 0 Å². The average molecular weight is 282 g/mol. The lowest BCUT2D eigenvalue weighted by Crippen LogP contribution is -2.19. The lowest BCUT2D eigenvalue weighted by atomic mass is 9.98. The van der Waals surface area contributed by atoms with Crippen molar-refractivity contribution in [3.05, 3.63) is 33.9 Å². The Morgan fingerprint density at radius 2 is 1.85 bits per heavy atom. The predicted octanol–water partition coefficient (Wildman–Crippen LogP) is 3.72. The summed E-state index contributed by atoms with van der Waals surface area (Å²) in [5, 5.41) is 13.8. The molecule has 20 heavy (non-hydrogen) atoms. The van der Waals surface area contributed by atoms with E-state index in [0.29, 0.717) is 30.4 Å². The molecule has 2 fully saturated rings. The van der Waals surface area contributed by atoms with Gasteiger partial charge in [0.15, 0.2) is 0 Å². The van der Waals surface area contributed by atoms with Crippen LogP contribution in [0.4, 0.5) is 20.2 Å². The number of halogens is 2. The quantitative estimate of drug-likeness (QED) is 0.639. The van der Waals surface area contributed by atoms with Gasteiger partial charge in [0.05, 0.1) is 4.92 Å². The van der Waals surface area contributed by atoms with Gasteiger partial charge in [-0.25, -0.2) is 4.39 Å². The van der Waals surface area contributed by atoms with Gasteiger partial charge >= 0.3 is 5.69 Å². The Kier molecular flexibility index (Phi) is 3.31. The smallest absolute Gasteiger partial charge is 0.327 e. The average Bonchev–Trinajstić information content (AvgIpc) is 3.23. The summed E-state index contributed by atoms with van der Waals surface area (Å²) in [6.45, 7) is 0.555. The van der Waals surface area contributed by atoms with Crippen molar-refractivity contribution in [2.75, 3.05) is 11.9 Å². The summed E-state index contributed by atoms with van der Waals surface area (Å²) in [5.41, 5.74) is -0.726. The zero-order valence-corrected chi connectivity index (χ0v) is 10.9. The third-order valence-electron chi connectivity index (χ3n) is 4.19. The maximum absolute atomic E-state index is 13.5. The zero-order valence-electron chi connectivity index (χ0n) is 10.9. The van der Waals surface area contributed by atoms with Crippen LogP contribution in [0.15, 0.2) is 12.1 Å². The first kappa shape index (κ1) is 13.3. The first-order valence-corrected chi connectivity index (χ1v) is 6.93. The molecular formula is C14H16F2N2O2. The molecule has 2 aliphatic rings. The first-order chi connectivity index (χ1) is 9.56. The molecule has 1 aromatic carbocycles. The van der Waals surface area contributed by atoms with E-state index in [1.807, 2.05) is 0 Å². The highest BCUT2D eigenvalue weighted by atomic mass is 19.1. The van der Waals surface area contributed by atoms with Crippen LogP contribution in [0.1, 0.15) is 25.7 Å². The molecule has 1 N–H and O–H groups in total. The van der Waals surface area contributed by atoms with Crippen molar-refractivity contribution in [2.45, 2.75) is 25.7 Å². The van der Waals surface area contributed by atoms with Crippen LogP contribution in [0.5, 0.6) is 0 Å². The number of rotatable bonds is 6. The fourth-order valence-corrected chi connectivity index (χ4v) is 2.88. The summed E-state index contributed by atoms with van der Waals surface area (Å²) in [4.78, 5) is 10.1. The highest BCUT2D eigenvalue weighted by Gasteiger charge is 2.41. The Bertz CT molecular complexity index is 530. The van der Waals surface area contributed by atoms with E-state index in [2.05, 4.69) is 5.32 Å². The Morgan fingerprint density at radius 1 is 1.25 bits per heavy atom. The fraction of sp³-hybridized carbons (Fsp3) is 0.571. The molecular weight excluding hydrogens is 266 g/mol. The highest BCUT2D eigenvalue weighted by Crippen LogP contribution is 2.49. The molecule has 0 atom stereocenters. The maximum atomic E-state index is 13.5. The Balaban J connectivity index is 1.77. The SMILES string of the molecule is O=[N+]([O-])c1c(F)cc(F)cc1NCC(C1CC1)C1CC1. The molecule has 0 unspecified atom stereocenters. The third-order valence-corrected chi connectivity index (χ3v) is 4.19. The number of nitrogens with one attached hydrogen (secondary N) is 1. The summed E-state index contributed by atoms with van der Waals surface area (Å²) in [6.07, 6.45) is 4.79. The van der Waals surface area contributed by atoms with Crippen LogP contribution in [-0.2, 0) is 0 Å². The fourth-order valence-electron chi connectivity index (χ4n) is 2.88. The molecule has 108 valence electrons. The van der Waals surface area contributed by atoms with Gasteiger partial charge in [0, 0.05) is 18.7 Å². The van der Waals surface area contributed by atoms with E-state index in [4.69, 9.17) is 0 Å². The van der Waals surface area contributed by atoms with Gasteiger partial charge in [-0.05, 0) is 43.4 Å². The summed E-state index contributed by atoms with van der Waals surface area (Å²) >= 11 is 0. The molecule has 2 aliphatic carbocycles. The second-order valence-electron chi connectivity index (χ2n) is 5.76. The highest BCUT2D eigenvalue weighted by molar-refractivity contribution is 5.62. The van der Waals surface area contributed by atoms with Gasteiger partial charge < -0.3 is 5.32 Å². The molecule has 0 aliphatic heterocycles. The number of hydrogen-bond donors (Lipinski definition) is 1. The van der Waals surface area contributed by atoms with Gasteiger partial charge in [-0.1, -0.05) is 0 Å². The topological polar surface area (TPSA) is 55.2 Å². The van der Waals surface area contributed by atoms with E-state index < -0.39 is 22.2 Å². The number of nitrogens with zero attached hydrogens (tertiary/aromatic N) is 1. The van der Waals surface area contributed by atoms with Crippen LogP contribution in [0.25, 0.3) is 0 Å². The minimum Gasteiger partial charge on any atom is -0.379 e. The normalized spacial score (nSPS) is 18.4. The summed E-state index contributed by atoms with van der Waals surface area (Å²) in [5.74, 6) is -0.113. The molecule has 0 radical (unpaired) electrons. The summed E-state index contributed by atoms with van der Waals surface area (Å²) < 4.78 is 26.7. The second kappa shape index (κ2) is 5.00. The monoisotopic (exact) mass is 282 g/mol. The molecule has 4 nitrogen and oxygen atoms in total. The van der Waals surface area contributed by atoms with E-state index in [0.717, 1.165) is 6.07 Å². The Morgan fingerprint density at radius 3 is 2.35 bits per heavy atom. The molecule has 0 heterocycles. The molecule has 0 aromatic heterocycles. The van der Waals surface area contributed by atoms with E-state index >= 15 is 0 Å². The number of nitro groups is 1. The molecule has 0 amide bonds. The molecule has 6 heteroatoms. The van der Waals surface area contributed by atoms with Crippen LogP contribution in [-0.4, -0.2) is 11.5 Å². The van der Waals surface area contributed by atoms with Gasteiger partial charge in [0.2, 0.25) is 5.82 Å². The molecule has 3 rings (SSSR count). The largest absolute Gasteiger partial charge is 0.379 e. The van der Waals surface area contributed by atoms with Crippen LogP contribution in [0.2, 0.25) is 0 Å². The number of anilines is 1. The minimum absolute atomic E-state index is 0.0567. The van der Waals surface area contributed by atoms with Crippen molar-refractivity contribution in [2.24, 2.45) is 17.8 Å². The Hall–Kier alpha value is -1.72. The van der Waals surface area contributed by atoms with Gasteiger partial charge in [-0.3, -0.25) is 10.1 Å². The lowest BCUT2D eigenvalue weighted by molar-refractivity contribution is -0.386. The van der Waals surface area contributed by atoms with Crippen molar-refractivity contribution >= 4 is 11.4 Å². The number of hydrogen-bond acceptors (Lipinski definition) is 3. The second-order valence-corrected chi connectivity index (χ2v) is 5.76.